The van der Waals surface area contributed by atoms with Gasteiger partial charge in [-0.05, 0) is 43.2 Å². The summed E-state index contributed by atoms with van der Waals surface area (Å²) in [5.74, 6) is 0.247. The molecule has 2 aromatic carbocycles. The first-order chi connectivity index (χ1) is 11.8. The van der Waals surface area contributed by atoms with Gasteiger partial charge in [0.1, 0.15) is 5.75 Å². The van der Waals surface area contributed by atoms with Gasteiger partial charge in [-0.25, -0.2) is 13.1 Å². The second-order valence-electron chi connectivity index (χ2n) is 5.66. The van der Waals surface area contributed by atoms with Gasteiger partial charge in [-0.3, -0.25) is 4.79 Å². The molecule has 0 atom stereocenters. The molecule has 1 amide bonds. The highest BCUT2D eigenvalue weighted by atomic mass is 32.2. The van der Waals surface area contributed by atoms with E-state index in [4.69, 9.17) is 4.74 Å². The molecule has 7 heteroatoms. The van der Waals surface area contributed by atoms with E-state index in [1.165, 1.54) is 6.07 Å². The second-order valence-corrected chi connectivity index (χ2v) is 7.43. The highest BCUT2D eigenvalue weighted by molar-refractivity contribution is 7.89. The van der Waals surface area contributed by atoms with Crippen molar-refractivity contribution < 1.29 is 17.9 Å². The molecule has 0 aromatic heterocycles. The number of nitrogens with one attached hydrogen (secondary N) is 2. The van der Waals surface area contributed by atoms with Gasteiger partial charge in [0.05, 0.1) is 18.6 Å². The standard InChI is InChI=1S/C18H22N2O4S/c1-13-8-9-16(10-14(13)2)25(22,23)20-12-18(21)19-11-15-6-4-5-7-17(15)24-3/h4-10,20H,11-12H2,1-3H3,(H,19,21). The van der Waals surface area contributed by atoms with E-state index in [0.29, 0.717) is 5.75 Å². The van der Waals surface area contributed by atoms with Gasteiger partial charge in [0.15, 0.2) is 0 Å². The molecule has 0 radical (unpaired) electrons. The van der Waals surface area contributed by atoms with Crippen molar-refractivity contribution in [1.29, 1.82) is 0 Å². The molecule has 0 aliphatic heterocycles. The minimum atomic E-state index is -3.73. The van der Waals surface area contributed by atoms with Crippen LogP contribution in [-0.4, -0.2) is 28.0 Å². The molecule has 0 spiro atoms. The van der Waals surface area contributed by atoms with E-state index in [9.17, 15) is 13.2 Å². The molecule has 0 heterocycles. The zero-order valence-corrected chi connectivity index (χ0v) is 15.3. The van der Waals surface area contributed by atoms with Crippen molar-refractivity contribution >= 4 is 15.9 Å². The highest BCUT2D eigenvalue weighted by Gasteiger charge is 2.16. The molecule has 0 fully saturated rings. The second kappa shape index (κ2) is 8.13. The number of sulfonamides is 1. The van der Waals surface area contributed by atoms with Crippen LogP contribution in [-0.2, 0) is 21.4 Å². The predicted octanol–water partition coefficient (Wildman–Crippen LogP) is 1.91. The Balaban J connectivity index is 1.93. The van der Waals surface area contributed by atoms with E-state index in [0.717, 1.165) is 16.7 Å². The predicted molar refractivity (Wildman–Crippen MR) is 95.9 cm³/mol. The van der Waals surface area contributed by atoms with E-state index < -0.39 is 15.9 Å². The summed E-state index contributed by atoms with van der Waals surface area (Å²) in [6.45, 7) is 3.68. The van der Waals surface area contributed by atoms with Crippen molar-refractivity contribution in [1.82, 2.24) is 10.0 Å². The number of ether oxygens (including phenoxy) is 1. The quantitative estimate of drug-likeness (QED) is 0.788. The fourth-order valence-electron chi connectivity index (χ4n) is 2.23. The molecule has 0 aliphatic carbocycles. The molecule has 134 valence electrons. The Hall–Kier alpha value is -2.38. The summed E-state index contributed by atoms with van der Waals surface area (Å²) in [7, 11) is -2.17. The van der Waals surface area contributed by atoms with Crippen molar-refractivity contribution in [3.05, 3.63) is 59.2 Å². The van der Waals surface area contributed by atoms with Crippen LogP contribution in [0.15, 0.2) is 47.4 Å². The maximum absolute atomic E-state index is 12.3. The fourth-order valence-corrected chi connectivity index (χ4v) is 3.30. The maximum Gasteiger partial charge on any atom is 0.241 e. The van der Waals surface area contributed by atoms with Gasteiger partial charge in [-0.2, -0.15) is 0 Å². The lowest BCUT2D eigenvalue weighted by atomic mass is 10.1. The van der Waals surface area contributed by atoms with Crippen molar-refractivity contribution in [3.8, 4) is 5.75 Å². The van der Waals surface area contributed by atoms with Crippen LogP contribution in [0, 0.1) is 13.8 Å². The summed E-state index contributed by atoms with van der Waals surface area (Å²) in [5.41, 5.74) is 2.70. The molecule has 25 heavy (non-hydrogen) atoms. The molecule has 0 bridgehead atoms. The van der Waals surface area contributed by atoms with Crippen LogP contribution < -0.4 is 14.8 Å². The Morgan fingerprint density at radius 3 is 2.48 bits per heavy atom. The number of para-hydroxylation sites is 1. The van der Waals surface area contributed by atoms with E-state index in [1.807, 2.05) is 32.0 Å². The lowest BCUT2D eigenvalue weighted by Crippen LogP contribution is -2.36. The Morgan fingerprint density at radius 1 is 1.08 bits per heavy atom. The summed E-state index contributed by atoms with van der Waals surface area (Å²) in [6, 6.07) is 12.2. The van der Waals surface area contributed by atoms with E-state index in [2.05, 4.69) is 10.0 Å². The molecule has 0 unspecified atom stereocenters. The number of aryl methyl sites for hydroxylation is 2. The van der Waals surface area contributed by atoms with Crippen molar-refractivity contribution in [2.75, 3.05) is 13.7 Å². The minimum absolute atomic E-state index is 0.146. The van der Waals surface area contributed by atoms with E-state index >= 15 is 0 Å². The van der Waals surface area contributed by atoms with Crippen molar-refractivity contribution in [2.45, 2.75) is 25.3 Å². The Kier molecular flexibility index (Phi) is 6.17. The molecule has 0 saturated heterocycles. The zero-order valence-electron chi connectivity index (χ0n) is 14.5. The molecule has 0 aliphatic rings. The Labute approximate surface area is 148 Å². The first-order valence-electron chi connectivity index (χ1n) is 7.79. The summed E-state index contributed by atoms with van der Waals surface area (Å²) in [6.07, 6.45) is 0. The molecule has 0 saturated carbocycles. The van der Waals surface area contributed by atoms with Gasteiger partial charge in [0.25, 0.3) is 0 Å². The number of benzene rings is 2. The maximum atomic E-state index is 12.3. The summed E-state index contributed by atoms with van der Waals surface area (Å²) < 4.78 is 32.1. The van der Waals surface area contributed by atoms with Crippen molar-refractivity contribution in [2.24, 2.45) is 0 Å². The van der Waals surface area contributed by atoms with Crippen LogP contribution in [0.25, 0.3) is 0 Å². The summed E-state index contributed by atoms with van der Waals surface area (Å²) in [5, 5.41) is 2.67. The normalized spacial score (nSPS) is 11.2. The average Bonchev–Trinajstić information content (AvgIpc) is 2.60. The smallest absolute Gasteiger partial charge is 0.241 e. The van der Waals surface area contributed by atoms with Gasteiger partial charge in [0.2, 0.25) is 15.9 Å². The topological polar surface area (TPSA) is 84.5 Å². The highest BCUT2D eigenvalue weighted by Crippen LogP contribution is 2.17. The van der Waals surface area contributed by atoms with Crippen LogP contribution in [0.1, 0.15) is 16.7 Å². The van der Waals surface area contributed by atoms with E-state index in [1.54, 1.807) is 25.3 Å². The fraction of sp³-hybridized carbons (Fsp3) is 0.278. The van der Waals surface area contributed by atoms with Crippen LogP contribution in [0.3, 0.4) is 0 Å². The largest absolute Gasteiger partial charge is 0.496 e. The Morgan fingerprint density at radius 2 is 1.80 bits per heavy atom. The molecular formula is C18H22N2O4S. The number of rotatable bonds is 7. The van der Waals surface area contributed by atoms with Crippen LogP contribution >= 0.6 is 0 Å². The van der Waals surface area contributed by atoms with Gasteiger partial charge < -0.3 is 10.1 Å². The minimum Gasteiger partial charge on any atom is -0.496 e. The molecule has 2 aromatic rings. The third-order valence-electron chi connectivity index (χ3n) is 3.88. The van der Waals surface area contributed by atoms with Crippen LogP contribution in [0.5, 0.6) is 5.75 Å². The number of methoxy groups -OCH3 is 1. The lowest BCUT2D eigenvalue weighted by Gasteiger charge is -2.11. The molecule has 6 nitrogen and oxygen atoms in total. The number of hydrogen-bond donors (Lipinski definition) is 2. The lowest BCUT2D eigenvalue weighted by molar-refractivity contribution is -0.120. The van der Waals surface area contributed by atoms with Crippen LogP contribution in [0.2, 0.25) is 0 Å². The van der Waals surface area contributed by atoms with Gasteiger partial charge in [-0.15, -0.1) is 0 Å². The first kappa shape index (κ1) is 19.0. The van der Waals surface area contributed by atoms with Crippen molar-refractivity contribution in [3.63, 3.8) is 0 Å². The third kappa shape index (κ3) is 5.04. The molecule has 2 N–H and O–H groups in total. The number of hydrogen-bond acceptors (Lipinski definition) is 4. The van der Waals surface area contributed by atoms with Gasteiger partial charge in [0, 0.05) is 12.1 Å². The van der Waals surface area contributed by atoms with E-state index in [-0.39, 0.29) is 18.0 Å². The third-order valence-corrected chi connectivity index (χ3v) is 5.28. The number of carbonyl (C=O) groups excluding carboxylic acids is 1. The monoisotopic (exact) mass is 362 g/mol. The Bertz CT molecular complexity index is 863. The summed E-state index contributed by atoms with van der Waals surface area (Å²) >= 11 is 0. The van der Waals surface area contributed by atoms with Gasteiger partial charge in [-0.1, -0.05) is 24.3 Å². The molecular weight excluding hydrogens is 340 g/mol. The first-order valence-corrected chi connectivity index (χ1v) is 9.27. The SMILES string of the molecule is COc1ccccc1CNC(=O)CNS(=O)(=O)c1ccc(C)c(C)c1. The zero-order chi connectivity index (χ0) is 18.4. The summed E-state index contributed by atoms with van der Waals surface area (Å²) in [4.78, 5) is 12.1. The average molecular weight is 362 g/mol. The van der Waals surface area contributed by atoms with Gasteiger partial charge >= 0.3 is 0 Å². The van der Waals surface area contributed by atoms with Crippen LogP contribution in [0.4, 0.5) is 0 Å². The number of carbonyl (C=O) groups is 1. The molecule has 2 rings (SSSR count). The number of amides is 1.